The molecule has 0 bridgehead atoms. The fourth-order valence-corrected chi connectivity index (χ4v) is 1.81. The molecule has 0 aliphatic carbocycles. The average molecular weight is 286 g/mol. The van der Waals surface area contributed by atoms with E-state index in [0.29, 0.717) is 6.54 Å². The summed E-state index contributed by atoms with van der Waals surface area (Å²) < 4.78 is 0. The number of nitrogens with two attached hydrogens (primary N) is 2. The highest BCUT2D eigenvalue weighted by Gasteiger charge is 2.11. The standard InChI is InChI=1S/C10H14Cl2N2O.ClH/c11-7-4-6(5-8(12)10(7)15)9(14)2-1-3-13;/h4-5,9,15H,1-3,13-14H2;1H/t9-;/m0./s1. The second-order valence-electron chi connectivity index (χ2n) is 3.37. The van der Waals surface area contributed by atoms with Gasteiger partial charge in [-0.05, 0) is 37.1 Å². The van der Waals surface area contributed by atoms with E-state index in [-0.39, 0.29) is 34.2 Å². The Hall–Kier alpha value is -0.190. The van der Waals surface area contributed by atoms with E-state index in [0.717, 1.165) is 18.4 Å². The highest BCUT2D eigenvalue weighted by molar-refractivity contribution is 6.37. The summed E-state index contributed by atoms with van der Waals surface area (Å²) in [5.74, 6) is -0.104. The molecule has 0 unspecified atom stereocenters. The van der Waals surface area contributed by atoms with E-state index in [9.17, 15) is 5.11 Å². The molecule has 0 amide bonds. The molecule has 1 aromatic rings. The minimum absolute atomic E-state index is 0. The van der Waals surface area contributed by atoms with Crippen LogP contribution in [0.5, 0.6) is 5.75 Å². The van der Waals surface area contributed by atoms with Crippen molar-refractivity contribution in [2.24, 2.45) is 11.5 Å². The fraction of sp³-hybridized carbons (Fsp3) is 0.400. The lowest BCUT2D eigenvalue weighted by molar-refractivity contribution is 0.475. The topological polar surface area (TPSA) is 72.3 Å². The highest BCUT2D eigenvalue weighted by atomic mass is 35.5. The third-order valence-corrected chi connectivity index (χ3v) is 2.76. The molecule has 0 aliphatic heterocycles. The Labute approximate surface area is 111 Å². The number of hydrogen-bond acceptors (Lipinski definition) is 3. The molecule has 1 atom stereocenters. The van der Waals surface area contributed by atoms with Crippen LogP contribution in [0, 0.1) is 0 Å². The number of phenolic OH excluding ortho intramolecular Hbond substituents is 1. The largest absolute Gasteiger partial charge is 0.505 e. The number of halogens is 3. The van der Waals surface area contributed by atoms with Crippen LogP contribution in [0.2, 0.25) is 10.0 Å². The van der Waals surface area contributed by atoms with Crippen LogP contribution < -0.4 is 11.5 Å². The number of aromatic hydroxyl groups is 1. The summed E-state index contributed by atoms with van der Waals surface area (Å²) in [5.41, 5.74) is 12.1. The lowest BCUT2D eigenvalue weighted by atomic mass is 10.0. The van der Waals surface area contributed by atoms with Gasteiger partial charge in [0.1, 0.15) is 0 Å². The van der Waals surface area contributed by atoms with E-state index in [2.05, 4.69) is 0 Å². The molecule has 92 valence electrons. The average Bonchev–Trinajstić information content (AvgIpc) is 2.21. The summed E-state index contributed by atoms with van der Waals surface area (Å²) >= 11 is 11.6. The first kappa shape index (κ1) is 15.8. The van der Waals surface area contributed by atoms with Gasteiger partial charge in [-0.2, -0.15) is 0 Å². The normalized spacial score (nSPS) is 12.0. The summed E-state index contributed by atoms with van der Waals surface area (Å²) in [6.45, 7) is 0.604. The zero-order valence-electron chi connectivity index (χ0n) is 8.62. The predicted molar refractivity (Wildman–Crippen MR) is 70.6 cm³/mol. The molecule has 0 fully saturated rings. The van der Waals surface area contributed by atoms with Crippen LogP contribution >= 0.6 is 35.6 Å². The van der Waals surface area contributed by atoms with Crippen molar-refractivity contribution in [1.29, 1.82) is 0 Å². The monoisotopic (exact) mass is 284 g/mol. The van der Waals surface area contributed by atoms with Crippen molar-refractivity contribution >= 4 is 35.6 Å². The van der Waals surface area contributed by atoms with Crippen LogP contribution in [0.1, 0.15) is 24.4 Å². The van der Waals surface area contributed by atoms with Crippen molar-refractivity contribution < 1.29 is 5.11 Å². The molecule has 0 radical (unpaired) electrons. The van der Waals surface area contributed by atoms with Crippen molar-refractivity contribution in [2.75, 3.05) is 6.54 Å². The van der Waals surface area contributed by atoms with Gasteiger partial charge in [-0.25, -0.2) is 0 Å². The third kappa shape index (κ3) is 4.00. The van der Waals surface area contributed by atoms with Gasteiger partial charge in [0.15, 0.2) is 5.75 Å². The van der Waals surface area contributed by atoms with Crippen molar-refractivity contribution in [3.8, 4) is 5.75 Å². The second kappa shape index (κ2) is 7.20. The molecule has 3 nitrogen and oxygen atoms in total. The van der Waals surface area contributed by atoms with Gasteiger partial charge in [-0.1, -0.05) is 23.2 Å². The molecule has 1 aromatic carbocycles. The highest BCUT2D eigenvalue weighted by Crippen LogP contribution is 2.34. The maximum atomic E-state index is 9.36. The quantitative estimate of drug-likeness (QED) is 0.796. The molecule has 0 spiro atoms. The number of phenols is 1. The summed E-state index contributed by atoms with van der Waals surface area (Å²) in [7, 11) is 0. The first-order chi connectivity index (χ1) is 7.06. The van der Waals surface area contributed by atoms with Gasteiger partial charge in [-0.15, -0.1) is 12.4 Å². The fourth-order valence-electron chi connectivity index (χ4n) is 1.30. The van der Waals surface area contributed by atoms with Crippen LogP contribution in [0.25, 0.3) is 0 Å². The minimum Gasteiger partial charge on any atom is -0.505 e. The van der Waals surface area contributed by atoms with Crippen molar-refractivity contribution in [2.45, 2.75) is 18.9 Å². The SMILES string of the molecule is Cl.NCCC[C@H](N)c1cc(Cl)c(O)c(Cl)c1. The molecular weight excluding hydrogens is 270 g/mol. The maximum Gasteiger partial charge on any atom is 0.152 e. The van der Waals surface area contributed by atoms with Gasteiger partial charge >= 0.3 is 0 Å². The third-order valence-electron chi connectivity index (χ3n) is 2.19. The number of hydrogen-bond donors (Lipinski definition) is 3. The minimum atomic E-state index is -0.149. The van der Waals surface area contributed by atoms with Gasteiger partial charge in [0, 0.05) is 6.04 Å². The Balaban J connectivity index is 0.00000225. The molecule has 1 rings (SSSR count). The lowest BCUT2D eigenvalue weighted by Crippen LogP contribution is -2.12. The zero-order valence-corrected chi connectivity index (χ0v) is 10.9. The molecule has 0 heterocycles. The van der Waals surface area contributed by atoms with Crippen molar-refractivity contribution in [3.05, 3.63) is 27.7 Å². The second-order valence-corrected chi connectivity index (χ2v) is 4.18. The Morgan fingerprint density at radius 1 is 1.25 bits per heavy atom. The van der Waals surface area contributed by atoms with Crippen LogP contribution in [-0.4, -0.2) is 11.7 Å². The van der Waals surface area contributed by atoms with Crippen LogP contribution in [0.15, 0.2) is 12.1 Å². The maximum absolute atomic E-state index is 9.36. The summed E-state index contributed by atoms with van der Waals surface area (Å²) in [4.78, 5) is 0. The van der Waals surface area contributed by atoms with Gasteiger partial charge in [-0.3, -0.25) is 0 Å². The van der Waals surface area contributed by atoms with Gasteiger partial charge in [0.25, 0.3) is 0 Å². The van der Waals surface area contributed by atoms with Crippen molar-refractivity contribution in [1.82, 2.24) is 0 Å². The van der Waals surface area contributed by atoms with E-state index in [1.165, 1.54) is 0 Å². The van der Waals surface area contributed by atoms with Crippen LogP contribution in [0.3, 0.4) is 0 Å². The smallest absolute Gasteiger partial charge is 0.152 e. The Bertz CT molecular complexity index is 324. The Morgan fingerprint density at radius 3 is 2.19 bits per heavy atom. The van der Waals surface area contributed by atoms with E-state index in [4.69, 9.17) is 34.7 Å². The Kier molecular flexibility index (Phi) is 7.11. The predicted octanol–water partition coefficient (Wildman–Crippen LogP) is 2.86. The number of benzene rings is 1. The van der Waals surface area contributed by atoms with Gasteiger partial charge < -0.3 is 16.6 Å². The molecule has 0 saturated heterocycles. The molecule has 0 aromatic heterocycles. The number of rotatable bonds is 4. The van der Waals surface area contributed by atoms with Crippen LogP contribution in [-0.2, 0) is 0 Å². The summed E-state index contributed by atoms with van der Waals surface area (Å²) in [5, 5.41) is 9.81. The lowest BCUT2D eigenvalue weighted by Gasteiger charge is -2.13. The molecule has 0 saturated carbocycles. The molecule has 16 heavy (non-hydrogen) atoms. The molecular formula is C10H15Cl3N2O. The molecule has 6 heteroatoms. The van der Waals surface area contributed by atoms with Gasteiger partial charge in [0.2, 0.25) is 0 Å². The molecule has 5 N–H and O–H groups in total. The van der Waals surface area contributed by atoms with Crippen LogP contribution in [0.4, 0.5) is 0 Å². The van der Waals surface area contributed by atoms with Crippen molar-refractivity contribution in [3.63, 3.8) is 0 Å². The summed E-state index contributed by atoms with van der Waals surface area (Å²) in [6.07, 6.45) is 1.62. The van der Waals surface area contributed by atoms with E-state index in [1.807, 2.05) is 0 Å². The first-order valence-electron chi connectivity index (χ1n) is 4.69. The summed E-state index contributed by atoms with van der Waals surface area (Å²) in [6, 6.07) is 3.11. The van der Waals surface area contributed by atoms with E-state index in [1.54, 1.807) is 12.1 Å². The molecule has 0 aliphatic rings. The zero-order chi connectivity index (χ0) is 11.4. The van der Waals surface area contributed by atoms with Gasteiger partial charge in [0.05, 0.1) is 10.0 Å². The van der Waals surface area contributed by atoms with E-state index < -0.39 is 0 Å². The first-order valence-corrected chi connectivity index (χ1v) is 5.45. The Morgan fingerprint density at radius 2 is 1.75 bits per heavy atom. The van der Waals surface area contributed by atoms with E-state index >= 15 is 0 Å².